The van der Waals surface area contributed by atoms with Gasteiger partial charge in [0, 0.05) is 13.1 Å². The third-order valence-corrected chi connectivity index (χ3v) is 3.99. The molecule has 0 fully saturated rings. The second kappa shape index (κ2) is 12.6. The van der Waals surface area contributed by atoms with Gasteiger partial charge in [-0.1, -0.05) is 57.4 Å². The first-order chi connectivity index (χ1) is 9.21. The van der Waals surface area contributed by atoms with Gasteiger partial charge in [-0.15, -0.1) is 0 Å². The monoisotopic (exact) mass is 285 g/mol. The predicted molar refractivity (Wildman–Crippen MR) is 87.5 cm³/mol. The number of carbonyl (C=O) groups is 1. The Morgan fingerprint density at radius 3 is 2.16 bits per heavy atom. The molecular formula is C16H31NOS. The van der Waals surface area contributed by atoms with Gasteiger partial charge in [-0.3, -0.25) is 4.79 Å². The number of nitrogens with zero attached hydrogens (tertiary/aromatic N) is 1. The van der Waals surface area contributed by atoms with Crippen LogP contribution < -0.4 is 0 Å². The molecule has 112 valence electrons. The predicted octanol–water partition coefficient (Wildman–Crippen LogP) is 4.85. The minimum Gasteiger partial charge on any atom is -0.369 e. The van der Waals surface area contributed by atoms with Crippen molar-refractivity contribution in [1.29, 1.82) is 0 Å². The second-order valence-electron chi connectivity index (χ2n) is 4.69. The van der Waals surface area contributed by atoms with E-state index in [1.165, 1.54) is 43.9 Å². The molecule has 2 nitrogen and oxygen atoms in total. The SMILES string of the molecule is CCCCCCC/C=C(\C(=O)SCC)N(CC)CC. The Kier molecular flexibility index (Phi) is 12.3. The van der Waals surface area contributed by atoms with E-state index in [4.69, 9.17) is 0 Å². The summed E-state index contributed by atoms with van der Waals surface area (Å²) in [5.74, 6) is 0.855. The summed E-state index contributed by atoms with van der Waals surface area (Å²) >= 11 is 1.42. The fourth-order valence-corrected chi connectivity index (χ4v) is 2.72. The lowest BCUT2D eigenvalue weighted by Gasteiger charge is -2.23. The van der Waals surface area contributed by atoms with Crippen LogP contribution in [0.5, 0.6) is 0 Å². The van der Waals surface area contributed by atoms with Gasteiger partial charge in [0.05, 0.1) is 5.70 Å². The lowest BCUT2D eigenvalue weighted by atomic mass is 10.1. The number of carbonyl (C=O) groups excluding carboxylic acids is 1. The average Bonchev–Trinajstić information content (AvgIpc) is 2.41. The van der Waals surface area contributed by atoms with Crippen molar-refractivity contribution in [2.24, 2.45) is 0 Å². The fraction of sp³-hybridized carbons (Fsp3) is 0.812. The van der Waals surface area contributed by atoms with Gasteiger partial charge in [-0.25, -0.2) is 0 Å². The van der Waals surface area contributed by atoms with E-state index in [1.54, 1.807) is 0 Å². The summed E-state index contributed by atoms with van der Waals surface area (Å²) in [7, 11) is 0. The van der Waals surface area contributed by atoms with Crippen molar-refractivity contribution in [3.05, 3.63) is 11.8 Å². The van der Waals surface area contributed by atoms with E-state index in [9.17, 15) is 4.79 Å². The summed E-state index contributed by atoms with van der Waals surface area (Å²) in [5.41, 5.74) is 0.923. The Labute approximate surface area is 124 Å². The Hall–Kier alpha value is -0.440. The molecule has 0 aliphatic heterocycles. The van der Waals surface area contributed by atoms with Crippen molar-refractivity contribution in [3.63, 3.8) is 0 Å². The molecule has 0 bridgehead atoms. The van der Waals surface area contributed by atoms with Crippen LogP contribution in [0.1, 0.15) is 66.2 Å². The van der Waals surface area contributed by atoms with Crippen LogP contribution in [0.3, 0.4) is 0 Å². The number of hydrogen-bond acceptors (Lipinski definition) is 3. The van der Waals surface area contributed by atoms with Crippen molar-refractivity contribution in [3.8, 4) is 0 Å². The molecule has 0 N–H and O–H groups in total. The van der Waals surface area contributed by atoms with Crippen molar-refractivity contribution < 1.29 is 4.79 Å². The molecule has 0 saturated carbocycles. The fourth-order valence-electron chi connectivity index (χ4n) is 2.10. The van der Waals surface area contributed by atoms with Gasteiger partial charge in [0.1, 0.15) is 0 Å². The molecule has 0 aromatic carbocycles. The quantitative estimate of drug-likeness (QED) is 0.400. The molecule has 0 saturated heterocycles. The summed E-state index contributed by atoms with van der Waals surface area (Å²) in [4.78, 5) is 14.3. The number of hydrogen-bond donors (Lipinski definition) is 0. The first kappa shape index (κ1) is 18.6. The summed E-state index contributed by atoms with van der Waals surface area (Å²) in [6.45, 7) is 10.3. The van der Waals surface area contributed by atoms with E-state index in [-0.39, 0.29) is 5.12 Å². The molecule has 0 aliphatic carbocycles. The Balaban J connectivity index is 4.34. The zero-order valence-electron chi connectivity index (χ0n) is 13.2. The highest BCUT2D eigenvalue weighted by molar-refractivity contribution is 8.14. The molecule has 0 unspecified atom stereocenters. The number of allylic oxidation sites excluding steroid dienone is 1. The molecule has 0 rings (SSSR count). The van der Waals surface area contributed by atoms with Gasteiger partial charge >= 0.3 is 0 Å². The van der Waals surface area contributed by atoms with Crippen LogP contribution in [0.2, 0.25) is 0 Å². The normalized spacial score (nSPS) is 11.7. The van der Waals surface area contributed by atoms with Crippen LogP contribution in [-0.2, 0) is 4.79 Å². The summed E-state index contributed by atoms with van der Waals surface area (Å²) < 4.78 is 0. The average molecular weight is 285 g/mol. The highest BCUT2D eigenvalue weighted by Gasteiger charge is 2.14. The zero-order valence-corrected chi connectivity index (χ0v) is 14.0. The van der Waals surface area contributed by atoms with E-state index in [0.717, 1.165) is 31.0 Å². The third-order valence-electron chi connectivity index (χ3n) is 3.23. The number of unbranched alkanes of at least 4 members (excludes halogenated alkanes) is 5. The van der Waals surface area contributed by atoms with E-state index in [0.29, 0.717) is 0 Å². The molecule has 0 aromatic heterocycles. The molecule has 3 heteroatoms. The standard InChI is InChI=1S/C16H31NOS/c1-5-9-10-11-12-13-14-15(16(18)19-8-4)17(6-2)7-3/h14H,5-13H2,1-4H3/b15-14+. The largest absolute Gasteiger partial charge is 0.369 e. The van der Waals surface area contributed by atoms with Crippen molar-refractivity contribution in [1.82, 2.24) is 4.90 Å². The zero-order chi connectivity index (χ0) is 14.5. The van der Waals surface area contributed by atoms with Crippen LogP contribution in [-0.4, -0.2) is 28.9 Å². The van der Waals surface area contributed by atoms with Gasteiger partial charge in [0.15, 0.2) is 0 Å². The van der Waals surface area contributed by atoms with E-state index >= 15 is 0 Å². The van der Waals surface area contributed by atoms with E-state index in [2.05, 4.69) is 31.7 Å². The van der Waals surface area contributed by atoms with Crippen LogP contribution in [0.25, 0.3) is 0 Å². The second-order valence-corrected chi connectivity index (χ2v) is 5.92. The molecule has 0 aromatic rings. The third kappa shape index (κ3) is 8.35. The maximum atomic E-state index is 12.1. The Morgan fingerprint density at radius 1 is 1.00 bits per heavy atom. The first-order valence-electron chi connectivity index (χ1n) is 7.83. The van der Waals surface area contributed by atoms with E-state index < -0.39 is 0 Å². The van der Waals surface area contributed by atoms with E-state index in [1.807, 2.05) is 6.92 Å². The molecule has 0 radical (unpaired) electrons. The topological polar surface area (TPSA) is 20.3 Å². The number of likely N-dealkylation sites (N-methyl/N-ethyl adjacent to an activating group) is 1. The lowest BCUT2D eigenvalue weighted by molar-refractivity contribution is -0.109. The highest BCUT2D eigenvalue weighted by Crippen LogP contribution is 2.16. The minimum absolute atomic E-state index is 0.236. The van der Waals surface area contributed by atoms with Gasteiger partial charge < -0.3 is 4.90 Å². The van der Waals surface area contributed by atoms with Crippen LogP contribution in [0.4, 0.5) is 0 Å². The van der Waals surface area contributed by atoms with Crippen LogP contribution >= 0.6 is 11.8 Å². The van der Waals surface area contributed by atoms with Crippen molar-refractivity contribution >= 4 is 16.9 Å². The van der Waals surface area contributed by atoms with Crippen molar-refractivity contribution in [2.45, 2.75) is 66.2 Å². The molecular weight excluding hydrogens is 254 g/mol. The Morgan fingerprint density at radius 2 is 1.63 bits per heavy atom. The van der Waals surface area contributed by atoms with Gasteiger partial charge in [0.2, 0.25) is 5.12 Å². The minimum atomic E-state index is 0.236. The molecule has 0 heterocycles. The number of thioether (sulfide) groups is 1. The maximum Gasteiger partial charge on any atom is 0.235 e. The highest BCUT2D eigenvalue weighted by atomic mass is 32.2. The molecule has 19 heavy (non-hydrogen) atoms. The summed E-state index contributed by atoms with van der Waals surface area (Å²) in [6, 6.07) is 0. The number of rotatable bonds is 11. The molecule has 0 atom stereocenters. The van der Waals surface area contributed by atoms with Gasteiger partial charge in [-0.05, 0) is 32.4 Å². The summed E-state index contributed by atoms with van der Waals surface area (Å²) in [6.07, 6.45) is 9.61. The summed E-state index contributed by atoms with van der Waals surface area (Å²) in [5, 5.41) is 0.236. The maximum absolute atomic E-state index is 12.1. The van der Waals surface area contributed by atoms with Gasteiger partial charge in [-0.2, -0.15) is 0 Å². The molecule has 0 aliphatic rings. The van der Waals surface area contributed by atoms with Crippen LogP contribution in [0.15, 0.2) is 11.8 Å². The first-order valence-corrected chi connectivity index (χ1v) is 8.81. The van der Waals surface area contributed by atoms with Crippen molar-refractivity contribution in [2.75, 3.05) is 18.8 Å². The molecule has 0 spiro atoms. The van der Waals surface area contributed by atoms with Crippen LogP contribution in [0, 0.1) is 0 Å². The molecule has 0 amide bonds. The van der Waals surface area contributed by atoms with Gasteiger partial charge in [0.25, 0.3) is 0 Å². The smallest absolute Gasteiger partial charge is 0.235 e. The lowest BCUT2D eigenvalue weighted by Crippen LogP contribution is -2.26. The Bertz CT molecular complexity index is 259.